The molecule has 2 N–H and O–H groups in total. The van der Waals surface area contributed by atoms with E-state index in [9.17, 15) is 20.0 Å². The van der Waals surface area contributed by atoms with Crippen LogP contribution in [0.15, 0.2) is 17.6 Å². The molecule has 0 radical (unpaired) electrons. The Hall–Kier alpha value is -2.22. The number of thiazole rings is 1. The van der Waals surface area contributed by atoms with Crippen molar-refractivity contribution in [2.24, 2.45) is 5.41 Å². The predicted molar refractivity (Wildman–Crippen MR) is 78.7 cm³/mol. The molecule has 21 heavy (non-hydrogen) atoms. The topological polar surface area (TPSA) is 105 Å². The van der Waals surface area contributed by atoms with Crippen molar-refractivity contribution in [1.29, 1.82) is 0 Å². The van der Waals surface area contributed by atoms with Gasteiger partial charge in [-0.25, -0.2) is 4.98 Å². The van der Waals surface area contributed by atoms with Crippen molar-refractivity contribution in [2.75, 3.05) is 11.9 Å². The van der Waals surface area contributed by atoms with Gasteiger partial charge in [0.15, 0.2) is 5.52 Å². The summed E-state index contributed by atoms with van der Waals surface area (Å²) in [6, 6.07) is 3.38. The third-order valence-corrected chi connectivity index (χ3v) is 4.83. The van der Waals surface area contributed by atoms with Crippen molar-refractivity contribution in [3.05, 3.63) is 27.8 Å². The van der Waals surface area contributed by atoms with Gasteiger partial charge in [-0.1, -0.05) is 6.42 Å². The number of carbonyl (C=O) groups is 1. The zero-order valence-corrected chi connectivity index (χ0v) is 11.9. The summed E-state index contributed by atoms with van der Waals surface area (Å²) in [4.78, 5) is 26.2. The van der Waals surface area contributed by atoms with Crippen molar-refractivity contribution in [3.8, 4) is 0 Å². The van der Waals surface area contributed by atoms with Gasteiger partial charge in [0.05, 0.1) is 20.5 Å². The lowest BCUT2D eigenvalue weighted by Gasteiger charge is -2.37. The van der Waals surface area contributed by atoms with Crippen molar-refractivity contribution >= 4 is 38.9 Å². The monoisotopic (exact) mass is 307 g/mol. The summed E-state index contributed by atoms with van der Waals surface area (Å²) in [5.41, 5.74) is 1.34. The predicted octanol–water partition coefficient (Wildman–Crippen LogP) is 2.87. The Morgan fingerprint density at radius 2 is 2.29 bits per heavy atom. The number of anilines is 1. The van der Waals surface area contributed by atoms with Crippen LogP contribution in [-0.4, -0.2) is 27.5 Å². The SMILES string of the molecule is O=C(O)C1(CNc2ccc3scnc3c2[N+](=O)[O-])CCC1. The third kappa shape index (κ3) is 2.21. The summed E-state index contributed by atoms with van der Waals surface area (Å²) in [5, 5.41) is 23.5. The standard InChI is InChI=1S/C13H13N3O4S/c17-12(18)13(4-1-5-13)6-14-8-2-3-9-10(15-7-21-9)11(8)16(19)20/h2-3,7,14H,1,4-6H2,(H,17,18). The Bertz CT molecular complexity index is 723. The van der Waals surface area contributed by atoms with E-state index in [4.69, 9.17) is 0 Å². The van der Waals surface area contributed by atoms with Crippen LogP contribution in [0.25, 0.3) is 10.2 Å². The fourth-order valence-corrected chi connectivity index (χ4v) is 3.26. The maximum Gasteiger partial charge on any atom is 0.319 e. The van der Waals surface area contributed by atoms with E-state index in [2.05, 4.69) is 10.3 Å². The van der Waals surface area contributed by atoms with E-state index in [1.807, 2.05) is 0 Å². The zero-order valence-electron chi connectivity index (χ0n) is 11.0. The van der Waals surface area contributed by atoms with Gasteiger partial charge in [0, 0.05) is 6.54 Å². The van der Waals surface area contributed by atoms with Gasteiger partial charge in [0.2, 0.25) is 0 Å². The molecule has 0 amide bonds. The van der Waals surface area contributed by atoms with Crippen molar-refractivity contribution in [2.45, 2.75) is 19.3 Å². The normalized spacial score (nSPS) is 16.4. The number of benzene rings is 1. The van der Waals surface area contributed by atoms with Gasteiger partial charge >= 0.3 is 11.7 Å². The molecule has 1 aliphatic rings. The Labute approximate surface area is 123 Å². The van der Waals surface area contributed by atoms with Gasteiger partial charge in [-0.2, -0.15) is 0 Å². The van der Waals surface area contributed by atoms with Gasteiger partial charge in [-0.15, -0.1) is 11.3 Å². The molecule has 3 rings (SSSR count). The molecule has 0 atom stereocenters. The van der Waals surface area contributed by atoms with E-state index in [1.165, 1.54) is 11.3 Å². The molecule has 1 fully saturated rings. The van der Waals surface area contributed by atoms with E-state index in [1.54, 1.807) is 17.6 Å². The Morgan fingerprint density at radius 1 is 1.52 bits per heavy atom. The number of carboxylic acids is 1. The van der Waals surface area contributed by atoms with E-state index >= 15 is 0 Å². The van der Waals surface area contributed by atoms with Crippen LogP contribution in [0, 0.1) is 15.5 Å². The van der Waals surface area contributed by atoms with E-state index in [-0.39, 0.29) is 12.2 Å². The van der Waals surface area contributed by atoms with Gasteiger partial charge in [0.25, 0.3) is 0 Å². The summed E-state index contributed by atoms with van der Waals surface area (Å²) >= 11 is 1.33. The fraction of sp³-hybridized carbons (Fsp3) is 0.385. The summed E-state index contributed by atoms with van der Waals surface area (Å²) < 4.78 is 0.740. The molecule has 110 valence electrons. The average molecular weight is 307 g/mol. The van der Waals surface area contributed by atoms with Crippen molar-refractivity contribution in [1.82, 2.24) is 4.98 Å². The first-order chi connectivity index (χ1) is 10.0. The number of aliphatic carboxylic acids is 1. The van der Waals surface area contributed by atoms with Crippen LogP contribution in [0.4, 0.5) is 11.4 Å². The summed E-state index contributed by atoms with van der Waals surface area (Å²) in [7, 11) is 0. The summed E-state index contributed by atoms with van der Waals surface area (Å²) in [6.45, 7) is 0.193. The molecule has 1 aliphatic carbocycles. The molecule has 0 spiro atoms. The molecule has 1 saturated carbocycles. The fourth-order valence-electron chi connectivity index (χ4n) is 2.58. The number of nitro benzene ring substituents is 1. The number of nitrogens with one attached hydrogen (secondary N) is 1. The highest BCUT2D eigenvalue weighted by atomic mass is 32.1. The van der Waals surface area contributed by atoms with Gasteiger partial charge in [-0.3, -0.25) is 14.9 Å². The highest BCUT2D eigenvalue weighted by molar-refractivity contribution is 7.16. The lowest BCUT2D eigenvalue weighted by atomic mass is 9.69. The van der Waals surface area contributed by atoms with Crippen LogP contribution in [0.5, 0.6) is 0 Å². The molecule has 0 bridgehead atoms. The van der Waals surface area contributed by atoms with Crippen molar-refractivity contribution in [3.63, 3.8) is 0 Å². The minimum Gasteiger partial charge on any atom is -0.481 e. The first-order valence-electron chi connectivity index (χ1n) is 6.51. The second kappa shape index (κ2) is 4.96. The second-order valence-electron chi connectivity index (χ2n) is 5.21. The van der Waals surface area contributed by atoms with Crippen LogP contribution in [0.2, 0.25) is 0 Å². The highest BCUT2D eigenvalue weighted by Crippen LogP contribution is 2.42. The molecule has 1 heterocycles. The molecule has 7 nitrogen and oxygen atoms in total. The maximum atomic E-state index is 11.3. The number of hydrogen-bond donors (Lipinski definition) is 2. The molecular formula is C13H13N3O4S. The number of rotatable bonds is 5. The largest absolute Gasteiger partial charge is 0.481 e. The second-order valence-corrected chi connectivity index (χ2v) is 6.10. The average Bonchev–Trinajstić information content (AvgIpc) is 2.84. The molecule has 0 saturated heterocycles. The Balaban J connectivity index is 1.92. The summed E-state index contributed by atoms with van der Waals surface area (Å²) in [6.07, 6.45) is 2.07. The number of nitro groups is 1. The maximum absolute atomic E-state index is 11.3. The molecule has 8 heteroatoms. The zero-order chi connectivity index (χ0) is 15.0. The summed E-state index contributed by atoms with van der Waals surface area (Å²) in [5.74, 6) is -0.848. The van der Waals surface area contributed by atoms with Crippen LogP contribution < -0.4 is 5.32 Å². The van der Waals surface area contributed by atoms with Gasteiger partial charge in [-0.05, 0) is 25.0 Å². The number of nitrogens with zero attached hydrogens (tertiary/aromatic N) is 2. The molecule has 1 aromatic carbocycles. The number of hydrogen-bond acceptors (Lipinski definition) is 6. The smallest absolute Gasteiger partial charge is 0.319 e. The highest BCUT2D eigenvalue weighted by Gasteiger charge is 2.44. The third-order valence-electron chi connectivity index (χ3n) is 4.04. The van der Waals surface area contributed by atoms with Crippen LogP contribution in [-0.2, 0) is 4.79 Å². The van der Waals surface area contributed by atoms with Crippen LogP contribution in [0.1, 0.15) is 19.3 Å². The van der Waals surface area contributed by atoms with Gasteiger partial charge in [0.1, 0.15) is 5.69 Å². The minimum absolute atomic E-state index is 0.0892. The number of carboxylic acid groups (broad SMARTS) is 1. The lowest BCUT2D eigenvalue weighted by molar-refractivity contribution is -0.382. The van der Waals surface area contributed by atoms with E-state index < -0.39 is 16.3 Å². The van der Waals surface area contributed by atoms with Crippen LogP contribution in [0.3, 0.4) is 0 Å². The first-order valence-corrected chi connectivity index (χ1v) is 7.39. The molecule has 0 unspecified atom stereocenters. The number of fused-ring (bicyclic) bond motifs is 1. The molecule has 2 aromatic rings. The lowest BCUT2D eigenvalue weighted by Crippen LogP contribution is -2.43. The minimum atomic E-state index is -0.848. The Kier molecular flexibility index (Phi) is 3.25. The molecular weight excluding hydrogens is 294 g/mol. The first kappa shape index (κ1) is 13.7. The Morgan fingerprint density at radius 3 is 2.86 bits per heavy atom. The number of aromatic nitrogens is 1. The van der Waals surface area contributed by atoms with Crippen molar-refractivity contribution < 1.29 is 14.8 Å². The quantitative estimate of drug-likeness (QED) is 0.650. The van der Waals surface area contributed by atoms with Gasteiger partial charge < -0.3 is 10.4 Å². The van der Waals surface area contributed by atoms with Crippen LogP contribution >= 0.6 is 11.3 Å². The molecule has 1 aromatic heterocycles. The van der Waals surface area contributed by atoms with E-state index in [0.717, 1.165) is 11.1 Å². The van der Waals surface area contributed by atoms with E-state index in [0.29, 0.717) is 24.0 Å². The molecule has 0 aliphatic heterocycles.